The van der Waals surface area contributed by atoms with Crippen LogP contribution in [0.5, 0.6) is 0 Å². The topological polar surface area (TPSA) is 34.4 Å². The molecule has 0 bridgehead atoms. The Hall–Kier alpha value is -6.80. The van der Waals surface area contributed by atoms with Crippen molar-refractivity contribution in [2.24, 2.45) is 0 Å². The predicted molar refractivity (Wildman–Crippen MR) is 233 cm³/mol. The Bertz CT molecular complexity index is 3330. The minimum atomic E-state index is -3.12. The summed E-state index contributed by atoms with van der Waals surface area (Å²) in [5.41, 5.74) is 8.69. The van der Waals surface area contributed by atoms with E-state index in [0.29, 0.717) is 0 Å². The molecule has 4 heteroatoms. The molecule has 0 aliphatic rings. The molecule has 9 aromatic carbocycles. The average molecular weight is 721 g/mol. The Morgan fingerprint density at radius 2 is 0.945 bits per heavy atom. The molecule has 0 saturated carbocycles. The van der Waals surface area contributed by atoms with Crippen molar-refractivity contribution >= 4 is 83.0 Å². The molecule has 258 valence electrons. The van der Waals surface area contributed by atoms with E-state index in [2.05, 4.69) is 144 Å². The standard InChI is InChI=1S/C51H33N2OP/c54-55(41-13-2-1-3-14-41,43-29-24-34-10-4-5-12-39(34)32-43)42-27-22-36(23-28-42)35-18-20-37(21-19-35)40-26-30-45-46-31-25-38-11-6-7-15-44(38)50(46)51-52-47-16-8-9-17-48(47)53(51)49(45)33-40/h1-33H. The zero-order chi connectivity index (χ0) is 36.5. The van der Waals surface area contributed by atoms with E-state index in [0.717, 1.165) is 71.1 Å². The highest BCUT2D eigenvalue weighted by atomic mass is 31.2. The van der Waals surface area contributed by atoms with E-state index >= 15 is 4.57 Å². The van der Waals surface area contributed by atoms with E-state index in [9.17, 15) is 0 Å². The number of nitrogens with zero attached hydrogens (tertiary/aromatic N) is 2. The molecule has 2 aromatic heterocycles. The van der Waals surface area contributed by atoms with Gasteiger partial charge in [0.05, 0.1) is 16.6 Å². The molecule has 3 nitrogen and oxygen atoms in total. The van der Waals surface area contributed by atoms with Crippen LogP contribution in [0.15, 0.2) is 200 Å². The molecule has 1 unspecified atom stereocenters. The number of hydrogen-bond acceptors (Lipinski definition) is 2. The van der Waals surface area contributed by atoms with Gasteiger partial charge in [0.1, 0.15) is 5.65 Å². The molecule has 11 rings (SSSR count). The van der Waals surface area contributed by atoms with E-state index in [1.807, 2.05) is 60.7 Å². The molecule has 0 spiro atoms. The van der Waals surface area contributed by atoms with Crippen LogP contribution in [0, 0.1) is 0 Å². The number of hydrogen-bond donors (Lipinski definition) is 0. The van der Waals surface area contributed by atoms with Gasteiger partial charge in [-0.1, -0.05) is 176 Å². The minimum absolute atomic E-state index is 0.823. The Balaban J connectivity index is 0.988. The first-order valence-electron chi connectivity index (χ1n) is 18.6. The highest BCUT2D eigenvalue weighted by Crippen LogP contribution is 2.44. The lowest BCUT2D eigenvalue weighted by Gasteiger charge is -2.21. The minimum Gasteiger partial charge on any atom is -0.309 e. The van der Waals surface area contributed by atoms with Crippen molar-refractivity contribution in [2.75, 3.05) is 0 Å². The molecule has 0 saturated heterocycles. The van der Waals surface area contributed by atoms with Gasteiger partial charge in [0.15, 0.2) is 7.14 Å². The average Bonchev–Trinajstić information content (AvgIpc) is 3.66. The normalized spacial score (nSPS) is 12.9. The van der Waals surface area contributed by atoms with Crippen LogP contribution in [0.25, 0.3) is 82.2 Å². The molecule has 0 fully saturated rings. The number of benzene rings is 9. The van der Waals surface area contributed by atoms with Crippen molar-refractivity contribution in [1.82, 2.24) is 9.38 Å². The Morgan fingerprint density at radius 1 is 0.382 bits per heavy atom. The van der Waals surface area contributed by atoms with Gasteiger partial charge in [0.25, 0.3) is 0 Å². The van der Waals surface area contributed by atoms with Crippen molar-refractivity contribution in [3.05, 3.63) is 200 Å². The fourth-order valence-corrected chi connectivity index (χ4v) is 11.1. The largest absolute Gasteiger partial charge is 0.309 e. The van der Waals surface area contributed by atoms with Crippen LogP contribution in [0.2, 0.25) is 0 Å². The van der Waals surface area contributed by atoms with Gasteiger partial charge in [-0.25, -0.2) is 4.98 Å². The quantitative estimate of drug-likeness (QED) is 0.131. The molecule has 55 heavy (non-hydrogen) atoms. The zero-order valence-electron chi connectivity index (χ0n) is 29.8. The fourth-order valence-electron chi connectivity index (χ4n) is 8.48. The van der Waals surface area contributed by atoms with Crippen molar-refractivity contribution in [2.45, 2.75) is 0 Å². The molecule has 2 heterocycles. The molecule has 0 radical (unpaired) electrons. The molecule has 1 atom stereocenters. The molecule has 0 aliphatic carbocycles. The van der Waals surface area contributed by atoms with Gasteiger partial charge in [0.2, 0.25) is 0 Å². The van der Waals surface area contributed by atoms with E-state index in [1.54, 1.807) is 0 Å². The summed E-state index contributed by atoms with van der Waals surface area (Å²) in [5, 5.41) is 10.7. The monoisotopic (exact) mass is 720 g/mol. The van der Waals surface area contributed by atoms with Crippen molar-refractivity contribution in [3.63, 3.8) is 0 Å². The molecular formula is C51H33N2OP. The second-order valence-electron chi connectivity index (χ2n) is 14.3. The third kappa shape index (κ3) is 4.98. The first kappa shape index (κ1) is 31.7. The van der Waals surface area contributed by atoms with Gasteiger partial charge in [-0.15, -0.1) is 0 Å². The maximum Gasteiger partial charge on any atom is 0.171 e. The third-order valence-corrected chi connectivity index (χ3v) is 14.3. The lowest BCUT2D eigenvalue weighted by molar-refractivity contribution is 0.592. The maximum atomic E-state index is 15.3. The van der Waals surface area contributed by atoms with Gasteiger partial charge in [-0.3, -0.25) is 4.40 Å². The van der Waals surface area contributed by atoms with Gasteiger partial charge in [-0.05, 0) is 73.5 Å². The molecule has 0 amide bonds. The number of rotatable bonds is 5. The Morgan fingerprint density at radius 3 is 1.75 bits per heavy atom. The highest BCUT2D eigenvalue weighted by molar-refractivity contribution is 7.85. The van der Waals surface area contributed by atoms with Gasteiger partial charge in [0, 0.05) is 26.7 Å². The summed E-state index contributed by atoms with van der Waals surface area (Å²) < 4.78 is 17.6. The molecule has 0 N–H and O–H groups in total. The highest BCUT2D eigenvalue weighted by Gasteiger charge is 2.30. The van der Waals surface area contributed by atoms with Crippen molar-refractivity contribution in [1.29, 1.82) is 0 Å². The van der Waals surface area contributed by atoms with Crippen LogP contribution in [0.3, 0.4) is 0 Å². The van der Waals surface area contributed by atoms with Gasteiger partial charge in [-0.2, -0.15) is 0 Å². The SMILES string of the molecule is O=P(c1ccccc1)(c1ccc(-c2ccc(-c3ccc4c5ccc6ccccc6c5c5nc6ccccc6n5c4c3)cc2)cc1)c1ccc2ccccc2c1. The Labute approximate surface area is 318 Å². The first-order valence-corrected chi connectivity index (χ1v) is 20.4. The lowest BCUT2D eigenvalue weighted by Crippen LogP contribution is -2.25. The fraction of sp³-hybridized carbons (Fsp3) is 0. The second-order valence-corrected chi connectivity index (χ2v) is 17.1. The number of aromatic nitrogens is 2. The smallest absolute Gasteiger partial charge is 0.171 e. The molecule has 11 aromatic rings. The summed E-state index contributed by atoms with van der Waals surface area (Å²) in [6.45, 7) is 0. The van der Waals surface area contributed by atoms with E-state index in [-0.39, 0.29) is 0 Å². The Kier molecular flexibility index (Phi) is 7.14. The van der Waals surface area contributed by atoms with Crippen LogP contribution in [0.1, 0.15) is 0 Å². The third-order valence-electron chi connectivity index (χ3n) is 11.2. The number of fused-ring (bicyclic) bond motifs is 11. The van der Waals surface area contributed by atoms with Crippen molar-refractivity contribution in [3.8, 4) is 22.3 Å². The van der Waals surface area contributed by atoms with Crippen LogP contribution in [-0.4, -0.2) is 9.38 Å². The van der Waals surface area contributed by atoms with Crippen LogP contribution in [-0.2, 0) is 4.57 Å². The van der Waals surface area contributed by atoms with Gasteiger partial charge < -0.3 is 4.57 Å². The summed E-state index contributed by atoms with van der Waals surface area (Å²) in [5.74, 6) is 0. The van der Waals surface area contributed by atoms with Crippen molar-refractivity contribution < 1.29 is 4.57 Å². The zero-order valence-corrected chi connectivity index (χ0v) is 30.7. The maximum absolute atomic E-state index is 15.3. The number of imidazole rings is 1. The number of para-hydroxylation sites is 2. The summed E-state index contributed by atoms with van der Waals surface area (Å²) in [7, 11) is -3.12. The molecule has 0 aliphatic heterocycles. The summed E-state index contributed by atoms with van der Waals surface area (Å²) in [4.78, 5) is 5.20. The van der Waals surface area contributed by atoms with Crippen LogP contribution in [0.4, 0.5) is 0 Å². The first-order chi connectivity index (χ1) is 27.1. The second kappa shape index (κ2) is 12.4. The van der Waals surface area contributed by atoms with E-state index in [4.69, 9.17) is 4.98 Å². The predicted octanol–water partition coefficient (Wildman–Crippen LogP) is 12.1. The summed E-state index contributed by atoms with van der Waals surface area (Å²) in [6, 6.07) is 69.7. The van der Waals surface area contributed by atoms with E-state index in [1.165, 1.54) is 26.9 Å². The van der Waals surface area contributed by atoms with Crippen LogP contribution >= 0.6 is 7.14 Å². The summed E-state index contributed by atoms with van der Waals surface area (Å²) in [6.07, 6.45) is 0. The molecular weight excluding hydrogens is 688 g/mol. The van der Waals surface area contributed by atoms with Gasteiger partial charge >= 0.3 is 0 Å². The lowest BCUT2D eigenvalue weighted by atomic mass is 9.96. The van der Waals surface area contributed by atoms with Crippen LogP contribution < -0.4 is 15.9 Å². The number of pyridine rings is 1. The summed E-state index contributed by atoms with van der Waals surface area (Å²) >= 11 is 0. The van der Waals surface area contributed by atoms with E-state index < -0.39 is 7.14 Å².